The van der Waals surface area contributed by atoms with Gasteiger partial charge in [-0.2, -0.15) is 0 Å². The molecule has 33 heavy (non-hydrogen) atoms. The third-order valence-corrected chi connectivity index (χ3v) is 4.13. The molecule has 0 aliphatic rings. The zero-order valence-corrected chi connectivity index (χ0v) is 20.0. The van der Waals surface area contributed by atoms with Gasteiger partial charge in [0.05, 0.1) is 12.7 Å². The fourth-order valence-electron chi connectivity index (χ4n) is 2.19. The number of carboxylic acids is 2. The van der Waals surface area contributed by atoms with Crippen molar-refractivity contribution in [1.82, 2.24) is 0 Å². The maximum absolute atomic E-state index is 11.7. The van der Waals surface area contributed by atoms with Crippen LogP contribution in [-0.2, 0) is 33.4 Å². The van der Waals surface area contributed by atoms with Crippen molar-refractivity contribution in [3.05, 3.63) is 48.6 Å². The van der Waals surface area contributed by atoms with Crippen molar-refractivity contribution in [3.8, 4) is 0 Å². The summed E-state index contributed by atoms with van der Waals surface area (Å²) in [5.74, 6) is -3.74. The van der Waals surface area contributed by atoms with E-state index < -0.39 is 35.9 Å². The lowest BCUT2D eigenvalue weighted by Crippen LogP contribution is -2.34. The molecule has 0 aromatic rings. The standard InChI is InChI=1S/C20H30O7.C4H6O2/c1-7-8-9-16(15(6)18(21)22)17(12-27-20(24)14(4)5)25-10-11-26-19(23)13(2)3;1-3(2)4(5)6/h16-17H,2,4,6-12H2,1,3,5H3,(H,21,22);1H2,2H3,(H,5,6). The number of carbonyl (C=O) groups is 4. The van der Waals surface area contributed by atoms with E-state index in [1.165, 1.54) is 20.8 Å². The average Bonchev–Trinajstić information content (AvgIpc) is 2.73. The van der Waals surface area contributed by atoms with Gasteiger partial charge < -0.3 is 24.4 Å². The van der Waals surface area contributed by atoms with Crippen LogP contribution < -0.4 is 0 Å². The summed E-state index contributed by atoms with van der Waals surface area (Å²) in [4.78, 5) is 44.1. The molecule has 9 nitrogen and oxygen atoms in total. The number of ether oxygens (including phenoxy) is 3. The second-order valence-electron chi connectivity index (χ2n) is 7.37. The second kappa shape index (κ2) is 17.4. The van der Waals surface area contributed by atoms with Gasteiger partial charge >= 0.3 is 23.9 Å². The third kappa shape index (κ3) is 15.3. The molecule has 0 radical (unpaired) electrons. The van der Waals surface area contributed by atoms with Crippen LogP contribution in [0.25, 0.3) is 0 Å². The summed E-state index contributed by atoms with van der Waals surface area (Å²) in [6.45, 7) is 20.1. The van der Waals surface area contributed by atoms with E-state index in [2.05, 4.69) is 26.3 Å². The van der Waals surface area contributed by atoms with Gasteiger partial charge in [-0.1, -0.05) is 46.1 Å². The molecule has 0 amide bonds. The number of rotatable bonds is 15. The topological polar surface area (TPSA) is 136 Å². The van der Waals surface area contributed by atoms with Crippen molar-refractivity contribution < 1.29 is 43.6 Å². The molecular formula is C24H36O9. The number of aliphatic carboxylic acids is 2. The van der Waals surface area contributed by atoms with Crippen molar-refractivity contribution in [2.45, 2.75) is 53.1 Å². The van der Waals surface area contributed by atoms with Crippen molar-refractivity contribution in [2.24, 2.45) is 5.92 Å². The van der Waals surface area contributed by atoms with Gasteiger partial charge in [0.1, 0.15) is 13.2 Å². The zero-order valence-electron chi connectivity index (χ0n) is 20.0. The van der Waals surface area contributed by atoms with Crippen LogP contribution >= 0.6 is 0 Å². The van der Waals surface area contributed by atoms with Gasteiger partial charge in [0.15, 0.2) is 0 Å². The largest absolute Gasteiger partial charge is 0.478 e. The number of hydrogen-bond acceptors (Lipinski definition) is 7. The van der Waals surface area contributed by atoms with Gasteiger partial charge in [-0.05, 0) is 27.2 Å². The Morgan fingerprint density at radius 2 is 1.27 bits per heavy atom. The molecular weight excluding hydrogens is 432 g/mol. The van der Waals surface area contributed by atoms with E-state index in [1.807, 2.05) is 6.92 Å². The molecule has 0 spiro atoms. The summed E-state index contributed by atoms with van der Waals surface area (Å²) in [7, 11) is 0. The molecule has 0 fully saturated rings. The molecule has 9 heteroatoms. The smallest absolute Gasteiger partial charge is 0.333 e. The molecule has 2 atom stereocenters. The number of esters is 2. The fourth-order valence-corrected chi connectivity index (χ4v) is 2.19. The van der Waals surface area contributed by atoms with E-state index in [0.717, 1.165) is 12.8 Å². The Kier molecular flexibility index (Phi) is 16.8. The highest BCUT2D eigenvalue weighted by Crippen LogP contribution is 2.24. The Balaban J connectivity index is 0. The van der Waals surface area contributed by atoms with Gasteiger partial charge in [-0.25, -0.2) is 19.2 Å². The van der Waals surface area contributed by atoms with Crippen LogP contribution in [-0.4, -0.2) is 60.0 Å². The van der Waals surface area contributed by atoms with Crippen LogP contribution in [0.1, 0.15) is 47.0 Å². The Bertz CT molecular complexity index is 737. The summed E-state index contributed by atoms with van der Waals surface area (Å²) in [6, 6.07) is 0. The highest BCUT2D eigenvalue weighted by Gasteiger charge is 2.29. The van der Waals surface area contributed by atoms with Gasteiger partial charge in [0.2, 0.25) is 0 Å². The molecule has 0 saturated carbocycles. The first kappa shape index (κ1) is 32.0. The summed E-state index contributed by atoms with van der Waals surface area (Å²) in [5.41, 5.74) is 0.655. The maximum Gasteiger partial charge on any atom is 0.333 e. The monoisotopic (exact) mass is 468 g/mol. The molecule has 0 heterocycles. The molecule has 0 aromatic heterocycles. The summed E-state index contributed by atoms with van der Waals surface area (Å²) >= 11 is 0. The molecule has 0 rings (SSSR count). The quantitative estimate of drug-likeness (QED) is 0.209. The van der Waals surface area contributed by atoms with Crippen molar-refractivity contribution in [3.63, 3.8) is 0 Å². The van der Waals surface area contributed by atoms with Crippen LogP contribution in [0.5, 0.6) is 0 Å². The van der Waals surface area contributed by atoms with E-state index in [4.69, 9.17) is 19.3 Å². The van der Waals surface area contributed by atoms with E-state index >= 15 is 0 Å². The SMILES string of the molecule is C=C(C)C(=O)O.C=C(C)C(=O)OCCOC(COC(=O)C(=C)C)C(CCCC)C(=C)C(=O)O. The van der Waals surface area contributed by atoms with Gasteiger partial charge in [-0.3, -0.25) is 0 Å². The van der Waals surface area contributed by atoms with Crippen LogP contribution in [0.15, 0.2) is 48.6 Å². The first-order valence-corrected chi connectivity index (χ1v) is 10.3. The fraction of sp³-hybridized carbons (Fsp3) is 0.500. The summed E-state index contributed by atoms with van der Waals surface area (Å²) < 4.78 is 15.8. The predicted octanol–water partition coefficient (Wildman–Crippen LogP) is 3.70. The second-order valence-corrected chi connectivity index (χ2v) is 7.37. The van der Waals surface area contributed by atoms with Crippen molar-refractivity contribution in [1.29, 1.82) is 0 Å². The highest BCUT2D eigenvalue weighted by molar-refractivity contribution is 5.88. The van der Waals surface area contributed by atoms with E-state index in [-0.39, 0.29) is 42.1 Å². The normalized spacial score (nSPS) is 11.6. The highest BCUT2D eigenvalue weighted by atomic mass is 16.6. The maximum atomic E-state index is 11.7. The molecule has 0 aliphatic carbocycles. The Morgan fingerprint density at radius 1 is 0.788 bits per heavy atom. The number of carbonyl (C=O) groups excluding carboxylic acids is 2. The number of hydrogen-bond donors (Lipinski definition) is 2. The molecule has 0 aliphatic heterocycles. The minimum Gasteiger partial charge on any atom is -0.478 e. The van der Waals surface area contributed by atoms with E-state index in [0.29, 0.717) is 6.42 Å². The van der Waals surface area contributed by atoms with E-state index in [9.17, 15) is 24.3 Å². The van der Waals surface area contributed by atoms with Crippen molar-refractivity contribution >= 4 is 23.9 Å². The third-order valence-electron chi connectivity index (χ3n) is 4.13. The lowest BCUT2D eigenvalue weighted by Gasteiger charge is -2.27. The van der Waals surface area contributed by atoms with Gasteiger partial charge in [-0.15, -0.1) is 0 Å². The first-order chi connectivity index (χ1) is 15.3. The lowest BCUT2D eigenvalue weighted by atomic mass is 9.89. The summed E-state index contributed by atoms with van der Waals surface area (Å²) in [5, 5.41) is 17.2. The number of carboxylic acid groups (broad SMARTS) is 2. The first-order valence-electron chi connectivity index (χ1n) is 10.3. The van der Waals surface area contributed by atoms with Crippen LogP contribution in [0, 0.1) is 5.92 Å². The molecule has 2 unspecified atom stereocenters. The molecule has 0 saturated heterocycles. The molecule has 0 aromatic carbocycles. The van der Waals surface area contributed by atoms with Crippen LogP contribution in [0.4, 0.5) is 0 Å². The Hall–Kier alpha value is -3.20. The molecule has 186 valence electrons. The van der Waals surface area contributed by atoms with Gasteiger partial charge in [0, 0.05) is 28.2 Å². The number of unbranched alkanes of at least 4 members (excludes halogenated alkanes) is 1. The van der Waals surface area contributed by atoms with Crippen LogP contribution in [0.2, 0.25) is 0 Å². The van der Waals surface area contributed by atoms with Gasteiger partial charge in [0.25, 0.3) is 0 Å². The van der Waals surface area contributed by atoms with Crippen molar-refractivity contribution in [2.75, 3.05) is 19.8 Å². The minimum absolute atomic E-state index is 0.0150. The Morgan fingerprint density at radius 3 is 1.67 bits per heavy atom. The predicted molar refractivity (Wildman–Crippen MR) is 124 cm³/mol. The summed E-state index contributed by atoms with van der Waals surface area (Å²) in [6.07, 6.45) is 1.41. The molecule has 2 N–H and O–H groups in total. The zero-order chi connectivity index (χ0) is 26.1. The average molecular weight is 469 g/mol. The van der Waals surface area contributed by atoms with E-state index in [1.54, 1.807) is 0 Å². The van der Waals surface area contributed by atoms with Crippen LogP contribution in [0.3, 0.4) is 0 Å². The Labute approximate surface area is 195 Å². The lowest BCUT2D eigenvalue weighted by molar-refractivity contribution is -0.147. The molecule has 0 bridgehead atoms. The minimum atomic E-state index is -1.13.